The highest BCUT2D eigenvalue weighted by Crippen LogP contribution is 2.34. The Balaban J connectivity index is 1.91. The lowest BCUT2D eigenvalue weighted by Crippen LogP contribution is -2.15. The fourth-order valence-electron chi connectivity index (χ4n) is 2.56. The highest BCUT2D eigenvalue weighted by molar-refractivity contribution is 6.31. The number of rotatable bonds is 1. The van der Waals surface area contributed by atoms with Crippen LogP contribution in [0.5, 0.6) is 11.5 Å². The normalized spacial score (nSPS) is 14.2. The minimum Gasteiger partial charge on any atom is -0.486 e. The molecule has 0 atom stereocenters. The van der Waals surface area contributed by atoms with E-state index in [1.807, 2.05) is 18.2 Å². The third kappa shape index (κ3) is 2.49. The summed E-state index contributed by atoms with van der Waals surface area (Å²) in [6.07, 6.45) is 0. The van der Waals surface area contributed by atoms with E-state index in [2.05, 4.69) is 5.16 Å². The molecule has 0 spiro atoms. The van der Waals surface area contributed by atoms with Crippen LogP contribution in [-0.4, -0.2) is 18.4 Å². The number of hydrogen-bond donors (Lipinski definition) is 1. The Kier molecular flexibility index (Phi) is 3.35. The van der Waals surface area contributed by atoms with E-state index in [9.17, 15) is 5.21 Å². The third-order valence-electron chi connectivity index (χ3n) is 3.64. The topological polar surface area (TPSA) is 64.2 Å². The molecular weight excluding hydrogens is 318 g/mol. The lowest BCUT2D eigenvalue weighted by molar-refractivity contribution is 0.171. The fourth-order valence-corrected chi connectivity index (χ4v) is 2.73. The van der Waals surface area contributed by atoms with Gasteiger partial charge in [0.25, 0.3) is 0 Å². The average molecular weight is 330 g/mol. The first kappa shape index (κ1) is 14.0. The molecule has 116 valence electrons. The van der Waals surface area contributed by atoms with E-state index in [1.165, 1.54) is 0 Å². The van der Waals surface area contributed by atoms with Crippen molar-refractivity contribution < 1.29 is 19.1 Å². The van der Waals surface area contributed by atoms with Crippen molar-refractivity contribution in [3.8, 4) is 22.8 Å². The zero-order valence-electron chi connectivity index (χ0n) is 12.0. The Labute approximate surface area is 136 Å². The van der Waals surface area contributed by atoms with Crippen molar-refractivity contribution in [1.82, 2.24) is 0 Å². The molecule has 0 saturated heterocycles. The summed E-state index contributed by atoms with van der Waals surface area (Å²) in [7, 11) is 0. The molecule has 1 N–H and O–H groups in total. The van der Waals surface area contributed by atoms with Crippen LogP contribution in [0.2, 0.25) is 5.02 Å². The van der Waals surface area contributed by atoms with Crippen LogP contribution in [0.4, 0.5) is 0 Å². The molecule has 0 unspecified atom stereocenters. The van der Waals surface area contributed by atoms with Crippen LogP contribution in [0.15, 0.2) is 52.0 Å². The van der Waals surface area contributed by atoms with Gasteiger partial charge < -0.3 is 19.1 Å². The molecule has 2 heterocycles. The van der Waals surface area contributed by atoms with Gasteiger partial charge in [0.2, 0.25) is 0 Å². The first-order chi connectivity index (χ1) is 11.2. The molecule has 0 radical (unpaired) electrons. The number of benzene rings is 2. The number of hydrogen-bond acceptors (Lipinski definition) is 5. The molecule has 4 rings (SSSR count). The van der Waals surface area contributed by atoms with Gasteiger partial charge in [0.15, 0.2) is 11.5 Å². The van der Waals surface area contributed by atoms with Crippen LogP contribution < -0.4 is 14.8 Å². The number of fused-ring (bicyclic) bond motifs is 2. The van der Waals surface area contributed by atoms with Crippen molar-refractivity contribution in [2.45, 2.75) is 0 Å². The Hall–Kier alpha value is -2.66. The summed E-state index contributed by atoms with van der Waals surface area (Å²) in [4.78, 5) is 0. The lowest BCUT2D eigenvalue weighted by Gasteiger charge is -2.18. The molecular formula is C17H12ClNO4. The first-order valence-corrected chi connectivity index (χ1v) is 7.44. The van der Waals surface area contributed by atoms with Crippen LogP contribution in [0.1, 0.15) is 0 Å². The zero-order valence-corrected chi connectivity index (χ0v) is 12.7. The monoisotopic (exact) mass is 329 g/mol. The molecule has 1 aliphatic rings. The summed E-state index contributed by atoms with van der Waals surface area (Å²) in [5.41, 5.74) is 1.38. The van der Waals surface area contributed by atoms with Gasteiger partial charge in [-0.2, -0.15) is 0 Å². The van der Waals surface area contributed by atoms with E-state index < -0.39 is 0 Å². The molecule has 0 aliphatic carbocycles. The summed E-state index contributed by atoms with van der Waals surface area (Å²) < 4.78 is 17.0. The summed E-state index contributed by atoms with van der Waals surface area (Å²) in [6, 6.07) is 12.4. The molecule has 0 fully saturated rings. The quantitative estimate of drug-likeness (QED) is 0.544. The van der Waals surface area contributed by atoms with Crippen molar-refractivity contribution in [1.29, 1.82) is 0 Å². The van der Waals surface area contributed by atoms with Crippen molar-refractivity contribution >= 4 is 22.6 Å². The Morgan fingerprint density at radius 3 is 2.61 bits per heavy atom. The minimum atomic E-state index is 0.388. The maximum Gasteiger partial charge on any atom is 0.162 e. The predicted molar refractivity (Wildman–Crippen MR) is 85.0 cm³/mol. The minimum absolute atomic E-state index is 0.388. The summed E-state index contributed by atoms with van der Waals surface area (Å²) in [5, 5.41) is 14.2. The van der Waals surface area contributed by atoms with Crippen LogP contribution >= 0.6 is 11.6 Å². The second-order valence-corrected chi connectivity index (χ2v) is 5.53. The maximum atomic E-state index is 9.29. The van der Waals surface area contributed by atoms with Gasteiger partial charge >= 0.3 is 0 Å². The second kappa shape index (κ2) is 5.52. The maximum absolute atomic E-state index is 9.29. The van der Waals surface area contributed by atoms with E-state index in [1.54, 1.807) is 24.3 Å². The van der Waals surface area contributed by atoms with E-state index >= 15 is 0 Å². The first-order valence-electron chi connectivity index (χ1n) is 7.06. The summed E-state index contributed by atoms with van der Waals surface area (Å²) in [5.74, 6) is 1.94. The van der Waals surface area contributed by atoms with Gasteiger partial charge in [-0.05, 0) is 36.4 Å². The van der Waals surface area contributed by atoms with E-state index in [-0.39, 0.29) is 0 Å². The Bertz CT molecular complexity index is 964. The third-order valence-corrected chi connectivity index (χ3v) is 3.87. The van der Waals surface area contributed by atoms with Crippen molar-refractivity contribution in [2.24, 2.45) is 5.16 Å². The van der Waals surface area contributed by atoms with Gasteiger partial charge in [0, 0.05) is 22.0 Å². The molecule has 1 aliphatic heterocycles. The molecule has 2 aromatic carbocycles. The number of halogens is 1. The van der Waals surface area contributed by atoms with Crippen LogP contribution in [0, 0.1) is 0 Å². The Morgan fingerprint density at radius 1 is 0.957 bits per heavy atom. The summed E-state index contributed by atoms with van der Waals surface area (Å²) >= 11 is 5.99. The number of ether oxygens (including phenoxy) is 2. The van der Waals surface area contributed by atoms with Gasteiger partial charge in [-0.15, -0.1) is 0 Å². The largest absolute Gasteiger partial charge is 0.486 e. The van der Waals surface area contributed by atoms with Gasteiger partial charge in [-0.3, -0.25) is 0 Å². The van der Waals surface area contributed by atoms with Crippen molar-refractivity contribution in [3.05, 3.63) is 52.8 Å². The molecule has 6 heteroatoms. The molecule has 5 nitrogen and oxygen atoms in total. The van der Waals surface area contributed by atoms with E-state index in [0.717, 1.165) is 5.56 Å². The predicted octanol–water partition coefficient (Wildman–Crippen LogP) is 3.81. The molecule has 0 amide bonds. The summed E-state index contributed by atoms with van der Waals surface area (Å²) in [6.45, 7) is 1.06. The van der Waals surface area contributed by atoms with Crippen LogP contribution in [-0.2, 0) is 0 Å². The lowest BCUT2D eigenvalue weighted by atomic mass is 10.1. The van der Waals surface area contributed by atoms with Crippen LogP contribution in [0.25, 0.3) is 22.3 Å². The van der Waals surface area contributed by atoms with Gasteiger partial charge in [0.05, 0.1) is 0 Å². The van der Waals surface area contributed by atoms with Crippen molar-refractivity contribution in [2.75, 3.05) is 13.2 Å². The fraction of sp³-hybridized carbons (Fsp3) is 0.118. The molecule has 3 aromatic rings. The van der Waals surface area contributed by atoms with Crippen molar-refractivity contribution in [3.63, 3.8) is 0 Å². The highest BCUT2D eigenvalue weighted by Gasteiger charge is 2.14. The molecule has 1 aromatic heterocycles. The molecule has 23 heavy (non-hydrogen) atoms. The second-order valence-electron chi connectivity index (χ2n) is 5.09. The van der Waals surface area contributed by atoms with Gasteiger partial charge in [-0.25, -0.2) is 0 Å². The molecule has 0 bridgehead atoms. The van der Waals surface area contributed by atoms with Gasteiger partial charge in [0.1, 0.15) is 29.9 Å². The average Bonchev–Trinajstić information content (AvgIpc) is 2.60. The SMILES string of the molecule is O/N=c1/cc(-c2ccc3c(c2)OCCO3)oc2ccc(Cl)cc12. The van der Waals surface area contributed by atoms with E-state index in [0.29, 0.717) is 51.8 Å². The number of nitrogens with zero attached hydrogens (tertiary/aromatic N) is 1. The highest BCUT2D eigenvalue weighted by atomic mass is 35.5. The smallest absolute Gasteiger partial charge is 0.162 e. The zero-order chi connectivity index (χ0) is 15.8. The Morgan fingerprint density at radius 2 is 1.78 bits per heavy atom. The standard InChI is InChI=1S/C17H12ClNO4/c18-11-2-4-14-12(8-11)13(19-20)9-16(23-14)10-1-3-15-17(7-10)22-6-5-21-15/h1-4,7-9,20H,5-6H2/b19-13-. The van der Waals surface area contributed by atoms with Crippen LogP contribution in [0.3, 0.4) is 0 Å². The van der Waals surface area contributed by atoms with Gasteiger partial charge in [-0.1, -0.05) is 16.8 Å². The molecule has 0 saturated carbocycles. The van der Waals surface area contributed by atoms with E-state index in [4.69, 9.17) is 25.5 Å².